The molecule has 1 N–H and O–H groups in total. The molecule has 1 aromatic rings. The fraction of sp³-hybridized carbons (Fsp3) is 0.538. The molecule has 1 heterocycles. The van der Waals surface area contributed by atoms with E-state index in [2.05, 4.69) is 22.3 Å². The van der Waals surface area contributed by atoms with Crippen LogP contribution in [0.4, 0.5) is 0 Å². The summed E-state index contributed by atoms with van der Waals surface area (Å²) in [4.78, 5) is 14.1. The smallest absolute Gasteiger partial charge is 0.226 e. The number of amides is 1. The fourth-order valence-corrected chi connectivity index (χ4v) is 3.06. The van der Waals surface area contributed by atoms with E-state index in [9.17, 15) is 4.79 Å². The van der Waals surface area contributed by atoms with E-state index < -0.39 is 0 Å². The molecule has 2 aliphatic carbocycles. The summed E-state index contributed by atoms with van der Waals surface area (Å²) in [5, 5.41) is 6.67. The van der Waals surface area contributed by atoms with Crippen LogP contribution in [0.2, 0.25) is 0 Å². The molecular weight excluding hydrogens is 214 g/mol. The van der Waals surface area contributed by atoms with Gasteiger partial charge in [-0.1, -0.05) is 12.2 Å². The number of aromatic nitrogens is 2. The first kappa shape index (κ1) is 10.6. The Bertz CT molecular complexity index is 438. The predicted molar refractivity (Wildman–Crippen MR) is 63.9 cm³/mol. The molecule has 0 aromatic carbocycles. The van der Waals surface area contributed by atoms with Crippen molar-refractivity contribution in [2.45, 2.75) is 19.4 Å². The molecule has 3 atom stereocenters. The molecule has 1 aromatic heterocycles. The van der Waals surface area contributed by atoms with Gasteiger partial charge in [-0.05, 0) is 24.7 Å². The number of allylic oxidation sites excluding steroid dienone is 2. The minimum atomic E-state index is 0.210. The molecule has 3 unspecified atom stereocenters. The van der Waals surface area contributed by atoms with E-state index in [-0.39, 0.29) is 11.8 Å². The lowest BCUT2D eigenvalue weighted by molar-refractivity contribution is -0.135. The number of nitrogens with zero attached hydrogens (tertiary/aromatic N) is 2. The molecule has 17 heavy (non-hydrogen) atoms. The number of aromatic amines is 1. The standard InChI is InChI=1S/C13H17N3O/c1-16(8-10-6-14-15-7-10)13(17)12-5-9-2-3-11(12)4-9/h2-3,6-7,9,11-12H,4-5,8H2,1H3,(H,14,15). The summed E-state index contributed by atoms with van der Waals surface area (Å²) in [6, 6.07) is 0. The quantitative estimate of drug-likeness (QED) is 0.803. The van der Waals surface area contributed by atoms with Crippen LogP contribution in [0.3, 0.4) is 0 Å². The van der Waals surface area contributed by atoms with Gasteiger partial charge in [-0.15, -0.1) is 0 Å². The van der Waals surface area contributed by atoms with E-state index in [4.69, 9.17) is 0 Å². The van der Waals surface area contributed by atoms with E-state index >= 15 is 0 Å². The number of hydrogen-bond donors (Lipinski definition) is 1. The van der Waals surface area contributed by atoms with Crippen molar-refractivity contribution in [3.05, 3.63) is 30.1 Å². The zero-order valence-electron chi connectivity index (χ0n) is 9.97. The second-order valence-corrected chi connectivity index (χ2v) is 5.19. The largest absolute Gasteiger partial charge is 0.341 e. The average Bonchev–Trinajstić information content (AvgIpc) is 3.04. The Morgan fingerprint density at radius 3 is 3.00 bits per heavy atom. The van der Waals surface area contributed by atoms with Crippen LogP contribution in [0.1, 0.15) is 18.4 Å². The van der Waals surface area contributed by atoms with Gasteiger partial charge in [0, 0.05) is 31.3 Å². The Morgan fingerprint density at radius 1 is 1.53 bits per heavy atom. The summed E-state index contributed by atoms with van der Waals surface area (Å²) in [7, 11) is 1.88. The van der Waals surface area contributed by atoms with Crippen LogP contribution < -0.4 is 0 Å². The minimum absolute atomic E-state index is 0.210. The minimum Gasteiger partial charge on any atom is -0.341 e. The molecule has 1 fully saturated rings. The number of nitrogens with one attached hydrogen (secondary N) is 1. The second-order valence-electron chi connectivity index (χ2n) is 5.19. The van der Waals surface area contributed by atoms with Crippen LogP contribution in [-0.2, 0) is 11.3 Å². The number of hydrogen-bond acceptors (Lipinski definition) is 2. The molecule has 0 radical (unpaired) electrons. The van der Waals surface area contributed by atoms with Gasteiger partial charge < -0.3 is 4.90 Å². The molecule has 2 bridgehead atoms. The SMILES string of the molecule is CN(Cc1cn[nH]c1)C(=O)C1CC2C=CC1C2. The number of fused-ring (bicyclic) bond motifs is 2. The predicted octanol–water partition coefficient (Wildman–Crippen LogP) is 1.58. The molecule has 4 heteroatoms. The monoisotopic (exact) mass is 231 g/mol. The molecule has 3 rings (SSSR count). The van der Waals surface area contributed by atoms with E-state index in [0.717, 1.165) is 12.0 Å². The normalized spacial score (nSPS) is 29.8. The van der Waals surface area contributed by atoms with Gasteiger partial charge in [-0.2, -0.15) is 5.10 Å². The van der Waals surface area contributed by atoms with Crippen LogP contribution in [0.25, 0.3) is 0 Å². The third kappa shape index (κ3) is 1.88. The van der Waals surface area contributed by atoms with Crippen LogP contribution in [0, 0.1) is 17.8 Å². The molecule has 0 saturated heterocycles. The van der Waals surface area contributed by atoms with E-state index in [0.29, 0.717) is 18.4 Å². The first-order valence-corrected chi connectivity index (χ1v) is 6.15. The molecule has 0 aliphatic heterocycles. The summed E-state index contributed by atoms with van der Waals surface area (Å²) >= 11 is 0. The highest BCUT2D eigenvalue weighted by atomic mass is 16.2. The Labute approximate surface area is 101 Å². The molecular formula is C13H17N3O. The van der Waals surface area contributed by atoms with E-state index in [1.165, 1.54) is 6.42 Å². The summed E-state index contributed by atoms with van der Waals surface area (Å²) in [5.41, 5.74) is 1.06. The van der Waals surface area contributed by atoms with Crippen molar-refractivity contribution in [3.8, 4) is 0 Å². The topological polar surface area (TPSA) is 49.0 Å². The lowest BCUT2D eigenvalue weighted by Gasteiger charge is -2.24. The highest BCUT2D eigenvalue weighted by Crippen LogP contribution is 2.44. The first-order valence-electron chi connectivity index (χ1n) is 6.15. The molecule has 1 amide bonds. The zero-order chi connectivity index (χ0) is 11.8. The fourth-order valence-electron chi connectivity index (χ4n) is 3.06. The van der Waals surface area contributed by atoms with Crippen LogP contribution >= 0.6 is 0 Å². The van der Waals surface area contributed by atoms with Gasteiger partial charge in [0.15, 0.2) is 0 Å². The van der Waals surface area contributed by atoms with Crippen molar-refractivity contribution in [1.82, 2.24) is 15.1 Å². The van der Waals surface area contributed by atoms with Crippen molar-refractivity contribution in [3.63, 3.8) is 0 Å². The maximum atomic E-state index is 12.3. The van der Waals surface area contributed by atoms with Crippen molar-refractivity contribution in [2.24, 2.45) is 17.8 Å². The molecule has 90 valence electrons. The van der Waals surface area contributed by atoms with Crippen molar-refractivity contribution in [2.75, 3.05) is 7.05 Å². The Balaban J connectivity index is 1.64. The molecule has 2 aliphatic rings. The third-order valence-corrected chi connectivity index (χ3v) is 3.95. The Hall–Kier alpha value is -1.58. The maximum Gasteiger partial charge on any atom is 0.226 e. The Kier molecular flexibility index (Phi) is 2.50. The van der Waals surface area contributed by atoms with Gasteiger partial charge in [-0.25, -0.2) is 0 Å². The number of rotatable bonds is 3. The van der Waals surface area contributed by atoms with Crippen LogP contribution in [0.15, 0.2) is 24.5 Å². The van der Waals surface area contributed by atoms with Crippen LogP contribution in [-0.4, -0.2) is 28.1 Å². The van der Waals surface area contributed by atoms with E-state index in [1.807, 2.05) is 18.1 Å². The molecule has 4 nitrogen and oxygen atoms in total. The number of carbonyl (C=O) groups excluding carboxylic acids is 1. The van der Waals surface area contributed by atoms with Gasteiger partial charge in [0.1, 0.15) is 0 Å². The van der Waals surface area contributed by atoms with Gasteiger partial charge in [0.2, 0.25) is 5.91 Å². The number of carbonyl (C=O) groups is 1. The van der Waals surface area contributed by atoms with Crippen molar-refractivity contribution in [1.29, 1.82) is 0 Å². The number of H-pyrrole nitrogens is 1. The highest BCUT2D eigenvalue weighted by Gasteiger charge is 2.40. The molecule has 0 spiro atoms. The van der Waals surface area contributed by atoms with Gasteiger partial charge in [0.05, 0.1) is 6.20 Å². The summed E-state index contributed by atoms with van der Waals surface area (Å²) in [6.45, 7) is 0.646. The summed E-state index contributed by atoms with van der Waals surface area (Å²) in [6.07, 6.45) is 10.3. The zero-order valence-corrected chi connectivity index (χ0v) is 9.97. The summed E-state index contributed by atoms with van der Waals surface area (Å²) < 4.78 is 0. The van der Waals surface area contributed by atoms with E-state index in [1.54, 1.807) is 6.20 Å². The molecule has 1 saturated carbocycles. The average molecular weight is 231 g/mol. The summed E-state index contributed by atoms with van der Waals surface area (Å²) in [5.74, 6) is 1.63. The Morgan fingerprint density at radius 2 is 2.41 bits per heavy atom. The van der Waals surface area contributed by atoms with Crippen LogP contribution in [0.5, 0.6) is 0 Å². The van der Waals surface area contributed by atoms with Crippen molar-refractivity contribution < 1.29 is 4.79 Å². The van der Waals surface area contributed by atoms with Crippen molar-refractivity contribution >= 4 is 5.91 Å². The maximum absolute atomic E-state index is 12.3. The van der Waals surface area contributed by atoms with Gasteiger partial charge in [0.25, 0.3) is 0 Å². The first-order chi connectivity index (χ1) is 8.24. The van der Waals surface area contributed by atoms with Gasteiger partial charge >= 0.3 is 0 Å². The lowest BCUT2D eigenvalue weighted by Crippen LogP contribution is -2.34. The highest BCUT2D eigenvalue weighted by molar-refractivity contribution is 5.79. The third-order valence-electron chi connectivity index (χ3n) is 3.95. The lowest BCUT2D eigenvalue weighted by atomic mass is 9.92. The second kappa shape index (κ2) is 4.02. The van der Waals surface area contributed by atoms with Gasteiger partial charge in [-0.3, -0.25) is 9.89 Å².